The number of nitrogens with one attached hydrogen (secondary N) is 1. The third-order valence-electron chi connectivity index (χ3n) is 3.71. The highest BCUT2D eigenvalue weighted by Crippen LogP contribution is 2.13. The van der Waals surface area contributed by atoms with Crippen molar-refractivity contribution in [2.24, 2.45) is 11.8 Å². The van der Waals surface area contributed by atoms with Crippen LogP contribution in [-0.2, 0) is 14.4 Å². The molecule has 0 fully saturated rings. The minimum Gasteiger partial charge on any atom is -0.351 e. The average molecular weight is 310 g/mol. The molecule has 2 unspecified atom stereocenters. The SMILES string of the molecule is C=C(C)C(=O)NCCN(C)CCC(C=O)CCCC(C)C=O. The molecule has 2 atom stereocenters. The van der Waals surface area contributed by atoms with Gasteiger partial charge in [-0.2, -0.15) is 0 Å². The molecule has 0 rings (SSSR count). The Hall–Kier alpha value is -1.49. The Morgan fingerprint density at radius 3 is 2.41 bits per heavy atom. The third-order valence-corrected chi connectivity index (χ3v) is 3.71. The molecule has 0 aliphatic heterocycles. The lowest BCUT2D eigenvalue weighted by atomic mass is 9.96. The van der Waals surface area contributed by atoms with Gasteiger partial charge in [-0.15, -0.1) is 0 Å². The number of hydrogen-bond acceptors (Lipinski definition) is 4. The summed E-state index contributed by atoms with van der Waals surface area (Å²) in [5.41, 5.74) is 0.508. The quantitative estimate of drug-likeness (QED) is 0.416. The lowest BCUT2D eigenvalue weighted by Crippen LogP contribution is -2.34. The summed E-state index contributed by atoms with van der Waals surface area (Å²) >= 11 is 0. The van der Waals surface area contributed by atoms with Gasteiger partial charge in [0.2, 0.25) is 5.91 Å². The van der Waals surface area contributed by atoms with Crippen LogP contribution in [-0.4, -0.2) is 50.1 Å². The van der Waals surface area contributed by atoms with Crippen molar-refractivity contribution in [3.8, 4) is 0 Å². The average Bonchev–Trinajstić information content (AvgIpc) is 2.49. The molecule has 0 aromatic carbocycles. The highest BCUT2D eigenvalue weighted by molar-refractivity contribution is 5.92. The summed E-state index contributed by atoms with van der Waals surface area (Å²) < 4.78 is 0. The summed E-state index contributed by atoms with van der Waals surface area (Å²) in [6, 6.07) is 0. The molecule has 0 bridgehead atoms. The molecule has 1 N–H and O–H groups in total. The number of aldehydes is 2. The third kappa shape index (κ3) is 10.3. The van der Waals surface area contributed by atoms with E-state index in [1.54, 1.807) is 6.92 Å². The maximum Gasteiger partial charge on any atom is 0.246 e. The van der Waals surface area contributed by atoms with Crippen LogP contribution in [0.2, 0.25) is 0 Å². The Morgan fingerprint density at radius 2 is 1.86 bits per heavy atom. The van der Waals surface area contributed by atoms with E-state index >= 15 is 0 Å². The monoisotopic (exact) mass is 310 g/mol. The van der Waals surface area contributed by atoms with Crippen LogP contribution in [0.15, 0.2) is 12.2 Å². The molecule has 0 aliphatic rings. The first-order valence-electron chi connectivity index (χ1n) is 7.93. The van der Waals surface area contributed by atoms with Crippen LogP contribution in [0.5, 0.6) is 0 Å². The van der Waals surface area contributed by atoms with Crippen LogP contribution in [0.3, 0.4) is 0 Å². The van der Waals surface area contributed by atoms with E-state index in [-0.39, 0.29) is 17.7 Å². The second-order valence-electron chi connectivity index (χ2n) is 6.07. The zero-order valence-corrected chi connectivity index (χ0v) is 14.1. The number of amides is 1. The maximum absolute atomic E-state index is 11.3. The van der Waals surface area contributed by atoms with Gasteiger partial charge < -0.3 is 19.8 Å². The second kappa shape index (κ2) is 12.1. The fourth-order valence-electron chi connectivity index (χ4n) is 2.06. The van der Waals surface area contributed by atoms with Gasteiger partial charge in [-0.05, 0) is 39.8 Å². The van der Waals surface area contributed by atoms with Gasteiger partial charge in [-0.3, -0.25) is 4.79 Å². The zero-order valence-electron chi connectivity index (χ0n) is 14.1. The van der Waals surface area contributed by atoms with Gasteiger partial charge in [0, 0.05) is 30.5 Å². The van der Waals surface area contributed by atoms with E-state index in [2.05, 4.69) is 16.8 Å². The first-order chi connectivity index (χ1) is 10.4. The van der Waals surface area contributed by atoms with Crippen molar-refractivity contribution in [3.05, 3.63) is 12.2 Å². The van der Waals surface area contributed by atoms with Crippen LogP contribution in [0.4, 0.5) is 0 Å². The molecule has 0 saturated heterocycles. The maximum atomic E-state index is 11.3. The summed E-state index contributed by atoms with van der Waals surface area (Å²) in [7, 11) is 1.98. The lowest BCUT2D eigenvalue weighted by Gasteiger charge is -2.19. The molecule has 0 saturated carbocycles. The van der Waals surface area contributed by atoms with Crippen molar-refractivity contribution in [3.63, 3.8) is 0 Å². The molecule has 126 valence electrons. The van der Waals surface area contributed by atoms with Crippen LogP contribution in [0, 0.1) is 11.8 Å². The largest absolute Gasteiger partial charge is 0.351 e. The highest BCUT2D eigenvalue weighted by atomic mass is 16.1. The molecule has 0 radical (unpaired) electrons. The number of carbonyl (C=O) groups excluding carboxylic acids is 3. The van der Waals surface area contributed by atoms with Crippen molar-refractivity contribution < 1.29 is 14.4 Å². The Kier molecular flexibility index (Phi) is 11.3. The van der Waals surface area contributed by atoms with Crippen molar-refractivity contribution in [1.29, 1.82) is 0 Å². The van der Waals surface area contributed by atoms with E-state index in [0.29, 0.717) is 12.1 Å². The summed E-state index contributed by atoms with van der Waals surface area (Å²) in [6.45, 7) is 9.29. The summed E-state index contributed by atoms with van der Waals surface area (Å²) in [4.78, 5) is 35.1. The van der Waals surface area contributed by atoms with Gasteiger partial charge in [-0.1, -0.05) is 19.9 Å². The number of carbonyl (C=O) groups is 3. The second-order valence-corrected chi connectivity index (χ2v) is 6.07. The van der Waals surface area contributed by atoms with Gasteiger partial charge in [0.05, 0.1) is 0 Å². The Morgan fingerprint density at radius 1 is 1.18 bits per heavy atom. The van der Waals surface area contributed by atoms with Gasteiger partial charge in [0.1, 0.15) is 12.6 Å². The number of likely N-dealkylation sites (N-methyl/N-ethyl adjacent to an activating group) is 1. The minimum atomic E-state index is -0.122. The topological polar surface area (TPSA) is 66.5 Å². The molecular weight excluding hydrogens is 280 g/mol. The highest BCUT2D eigenvalue weighted by Gasteiger charge is 2.10. The molecular formula is C17H30N2O3. The van der Waals surface area contributed by atoms with Crippen molar-refractivity contribution in [1.82, 2.24) is 10.2 Å². The summed E-state index contributed by atoms with van der Waals surface area (Å²) in [5, 5.41) is 2.79. The van der Waals surface area contributed by atoms with Crippen LogP contribution >= 0.6 is 0 Å². The van der Waals surface area contributed by atoms with E-state index in [0.717, 1.165) is 51.3 Å². The van der Waals surface area contributed by atoms with Crippen molar-refractivity contribution in [2.75, 3.05) is 26.7 Å². The molecule has 0 heterocycles. The fraction of sp³-hybridized carbons (Fsp3) is 0.706. The molecule has 5 nitrogen and oxygen atoms in total. The Balaban J connectivity index is 3.82. The molecule has 22 heavy (non-hydrogen) atoms. The van der Waals surface area contributed by atoms with E-state index in [1.165, 1.54) is 0 Å². The standard InChI is InChI=1S/C17H30N2O3/c1-14(2)17(22)18-9-11-19(4)10-8-16(13-21)7-5-6-15(3)12-20/h12-13,15-16H,1,5-11H2,2-4H3,(H,18,22). The van der Waals surface area contributed by atoms with Crippen LogP contribution in [0.25, 0.3) is 0 Å². The molecule has 0 aromatic heterocycles. The van der Waals surface area contributed by atoms with Gasteiger partial charge in [-0.25, -0.2) is 0 Å². The van der Waals surface area contributed by atoms with E-state index in [1.807, 2.05) is 14.0 Å². The molecule has 0 spiro atoms. The molecule has 0 aliphatic carbocycles. The first-order valence-corrected chi connectivity index (χ1v) is 7.93. The number of rotatable bonds is 13. The molecule has 1 amide bonds. The van der Waals surface area contributed by atoms with Gasteiger partial charge in [0.15, 0.2) is 0 Å². The van der Waals surface area contributed by atoms with Gasteiger partial charge >= 0.3 is 0 Å². The van der Waals surface area contributed by atoms with Crippen molar-refractivity contribution in [2.45, 2.75) is 39.5 Å². The van der Waals surface area contributed by atoms with Crippen molar-refractivity contribution >= 4 is 18.5 Å². The first kappa shape index (κ1) is 20.5. The molecule has 0 aromatic rings. The number of hydrogen-bond donors (Lipinski definition) is 1. The smallest absolute Gasteiger partial charge is 0.246 e. The minimum absolute atomic E-state index is 0.0475. The van der Waals surface area contributed by atoms with Gasteiger partial charge in [0.25, 0.3) is 0 Å². The Bertz CT molecular complexity index is 369. The van der Waals surface area contributed by atoms with Crippen LogP contribution in [0.1, 0.15) is 39.5 Å². The van der Waals surface area contributed by atoms with E-state index in [9.17, 15) is 14.4 Å². The van der Waals surface area contributed by atoms with E-state index < -0.39 is 0 Å². The number of nitrogens with zero attached hydrogens (tertiary/aromatic N) is 1. The lowest BCUT2D eigenvalue weighted by molar-refractivity contribution is -0.117. The summed E-state index contributed by atoms with van der Waals surface area (Å²) in [5.74, 6) is 0.00156. The predicted octanol–water partition coefficient (Wildman–Crippen LogP) is 1.82. The zero-order chi connectivity index (χ0) is 17.0. The normalized spacial score (nSPS) is 13.5. The van der Waals surface area contributed by atoms with Crippen LogP contribution < -0.4 is 5.32 Å². The molecule has 5 heteroatoms. The predicted molar refractivity (Wildman–Crippen MR) is 88.6 cm³/mol. The van der Waals surface area contributed by atoms with E-state index in [4.69, 9.17) is 0 Å². The summed E-state index contributed by atoms with van der Waals surface area (Å²) in [6.07, 6.45) is 5.37. The fourth-order valence-corrected chi connectivity index (χ4v) is 2.06. The Labute approximate surface area is 134 Å².